The lowest BCUT2D eigenvalue weighted by Gasteiger charge is -2.30. The number of piperidine rings is 1. The van der Waals surface area contributed by atoms with Gasteiger partial charge < -0.3 is 10.6 Å². The Morgan fingerprint density at radius 3 is 2.43 bits per heavy atom. The monoisotopic (exact) mass is 430 g/mol. The molecular formula is C21H26N4O4S. The molecule has 1 aromatic carbocycles. The van der Waals surface area contributed by atoms with Gasteiger partial charge in [0.2, 0.25) is 21.8 Å². The fourth-order valence-electron chi connectivity index (χ4n) is 3.34. The smallest absolute Gasteiger partial charge is 0.244 e. The van der Waals surface area contributed by atoms with Crippen molar-refractivity contribution in [2.24, 2.45) is 5.92 Å². The molecule has 2 aromatic rings. The van der Waals surface area contributed by atoms with E-state index >= 15 is 0 Å². The van der Waals surface area contributed by atoms with E-state index in [2.05, 4.69) is 15.6 Å². The molecule has 9 heteroatoms. The summed E-state index contributed by atoms with van der Waals surface area (Å²) in [6.45, 7) is 1.28. The van der Waals surface area contributed by atoms with Crippen molar-refractivity contribution in [3.05, 3.63) is 60.4 Å². The number of pyridine rings is 1. The standard InChI is InChI=1S/C21H26N4O4S/c26-20(24-15-17-5-2-1-3-6-17)8-12-23-21(27)18-9-13-25(14-10-18)30(28,29)19-7-4-11-22-16-19/h1-7,11,16,18H,8-10,12-15H2,(H,23,27)(H,24,26). The summed E-state index contributed by atoms with van der Waals surface area (Å²) in [5, 5.41) is 5.61. The number of amides is 2. The zero-order chi connectivity index (χ0) is 21.4. The zero-order valence-electron chi connectivity index (χ0n) is 16.7. The second-order valence-electron chi connectivity index (χ2n) is 7.17. The lowest BCUT2D eigenvalue weighted by atomic mass is 9.97. The number of hydrogen-bond donors (Lipinski definition) is 2. The van der Waals surface area contributed by atoms with E-state index in [1.807, 2.05) is 30.3 Å². The normalized spacial score (nSPS) is 15.5. The van der Waals surface area contributed by atoms with E-state index in [4.69, 9.17) is 0 Å². The van der Waals surface area contributed by atoms with Crippen molar-refractivity contribution >= 4 is 21.8 Å². The number of benzene rings is 1. The predicted octanol–water partition coefficient (Wildman–Crippen LogP) is 1.31. The molecule has 1 fully saturated rings. The highest BCUT2D eigenvalue weighted by molar-refractivity contribution is 7.89. The first kappa shape index (κ1) is 21.9. The summed E-state index contributed by atoms with van der Waals surface area (Å²) in [5.41, 5.74) is 1.02. The van der Waals surface area contributed by atoms with Crippen molar-refractivity contribution in [1.82, 2.24) is 19.9 Å². The third kappa shape index (κ3) is 5.87. The van der Waals surface area contributed by atoms with E-state index in [1.165, 1.54) is 22.8 Å². The van der Waals surface area contributed by atoms with Gasteiger partial charge in [0.15, 0.2) is 0 Å². The second kappa shape index (κ2) is 10.3. The topological polar surface area (TPSA) is 108 Å². The van der Waals surface area contributed by atoms with Gasteiger partial charge in [-0.2, -0.15) is 4.31 Å². The quantitative estimate of drug-likeness (QED) is 0.656. The number of nitrogens with zero attached hydrogens (tertiary/aromatic N) is 2. The van der Waals surface area contributed by atoms with E-state index in [0.717, 1.165) is 5.56 Å². The summed E-state index contributed by atoms with van der Waals surface area (Å²) < 4.78 is 26.6. The van der Waals surface area contributed by atoms with Gasteiger partial charge in [-0.1, -0.05) is 30.3 Å². The Morgan fingerprint density at radius 1 is 1.03 bits per heavy atom. The molecule has 0 aliphatic carbocycles. The van der Waals surface area contributed by atoms with E-state index in [1.54, 1.807) is 6.07 Å². The van der Waals surface area contributed by atoms with Crippen LogP contribution in [0.3, 0.4) is 0 Å². The molecule has 1 aromatic heterocycles. The molecule has 0 unspecified atom stereocenters. The molecular weight excluding hydrogens is 404 g/mol. The minimum absolute atomic E-state index is 0.128. The molecule has 8 nitrogen and oxygen atoms in total. The maximum Gasteiger partial charge on any atom is 0.244 e. The fraction of sp³-hybridized carbons (Fsp3) is 0.381. The highest BCUT2D eigenvalue weighted by Crippen LogP contribution is 2.23. The molecule has 1 saturated heterocycles. The van der Waals surface area contributed by atoms with Crippen LogP contribution in [0.2, 0.25) is 0 Å². The van der Waals surface area contributed by atoms with Crippen LogP contribution in [0.15, 0.2) is 59.8 Å². The second-order valence-corrected chi connectivity index (χ2v) is 9.11. The summed E-state index contributed by atoms with van der Waals surface area (Å²) in [5.74, 6) is -0.515. The minimum atomic E-state index is -3.58. The first-order valence-corrected chi connectivity index (χ1v) is 11.4. The lowest BCUT2D eigenvalue weighted by molar-refractivity contribution is -0.126. The van der Waals surface area contributed by atoms with Crippen molar-refractivity contribution in [2.75, 3.05) is 19.6 Å². The molecule has 1 aliphatic rings. The van der Waals surface area contributed by atoms with Gasteiger partial charge in [0.05, 0.1) is 0 Å². The van der Waals surface area contributed by atoms with E-state index in [-0.39, 0.29) is 48.7 Å². The fourth-order valence-corrected chi connectivity index (χ4v) is 4.77. The number of aromatic nitrogens is 1. The SMILES string of the molecule is O=C(CCNC(=O)C1CCN(S(=O)(=O)c2cccnc2)CC1)NCc1ccccc1. The van der Waals surface area contributed by atoms with Crippen molar-refractivity contribution in [2.45, 2.75) is 30.7 Å². The summed E-state index contributed by atoms with van der Waals surface area (Å²) in [4.78, 5) is 28.3. The number of hydrogen-bond acceptors (Lipinski definition) is 5. The molecule has 2 amide bonds. The van der Waals surface area contributed by atoms with Gasteiger partial charge in [0.25, 0.3) is 0 Å². The van der Waals surface area contributed by atoms with Gasteiger partial charge in [-0.3, -0.25) is 14.6 Å². The largest absolute Gasteiger partial charge is 0.355 e. The lowest BCUT2D eigenvalue weighted by Crippen LogP contribution is -2.43. The molecule has 2 N–H and O–H groups in total. The van der Waals surface area contributed by atoms with Gasteiger partial charge in [0.1, 0.15) is 4.90 Å². The average Bonchev–Trinajstić information content (AvgIpc) is 2.79. The summed E-state index contributed by atoms with van der Waals surface area (Å²) in [7, 11) is -3.58. The number of carbonyl (C=O) groups excluding carboxylic acids is 2. The molecule has 0 bridgehead atoms. The van der Waals surface area contributed by atoms with Crippen molar-refractivity contribution in [3.63, 3.8) is 0 Å². The third-order valence-corrected chi connectivity index (χ3v) is 6.96. The first-order chi connectivity index (χ1) is 14.5. The predicted molar refractivity (Wildman–Crippen MR) is 112 cm³/mol. The van der Waals surface area contributed by atoms with Crippen LogP contribution in [-0.2, 0) is 26.2 Å². The molecule has 0 spiro atoms. The Bertz CT molecular complexity index is 943. The van der Waals surface area contributed by atoms with Crippen molar-refractivity contribution < 1.29 is 18.0 Å². The molecule has 30 heavy (non-hydrogen) atoms. The van der Waals surface area contributed by atoms with Crippen molar-refractivity contribution in [3.8, 4) is 0 Å². The molecule has 0 atom stereocenters. The zero-order valence-corrected chi connectivity index (χ0v) is 17.5. The number of nitrogens with one attached hydrogen (secondary N) is 2. The number of sulfonamides is 1. The van der Waals surface area contributed by atoms with Crippen molar-refractivity contribution in [1.29, 1.82) is 0 Å². The van der Waals surface area contributed by atoms with Crippen LogP contribution in [0.5, 0.6) is 0 Å². The van der Waals surface area contributed by atoms with E-state index in [9.17, 15) is 18.0 Å². The molecule has 3 rings (SSSR count). The van der Waals surface area contributed by atoms with Crippen LogP contribution >= 0.6 is 0 Å². The first-order valence-electron chi connectivity index (χ1n) is 9.95. The Hall–Kier alpha value is -2.78. The van der Waals surface area contributed by atoms with Crippen LogP contribution in [0, 0.1) is 5.92 Å². The molecule has 0 saturated carbocycles. The van der Waals surface area contributed by atoms with Crippen LogP contribution in [0.4, 0.5) is 0 Å². The number of rotatable bonds is 8. The van der Waals surface area contributed by atoms with Gasteiger partial charge in [-0.25, -0.2) is 8.42 Å². The van der Waals surface area contributed by atoms with Gasteiger partial charge in [0, 0.05) is 50.9 Å². The van der Waals surface area contributed by atoms with E-state index < -0.39 is 10.0 Å². The van der Waals surface area contributed by atoms with Crippen LogP contribution < -0.4 is 10.6 Å². The van der Waals surface area contributed by atoms with Gasteiger partial charge in [-0.05, 0) is 30.5 Å². The van der Waals surface area contributed by atoms with E-state index in [0.29, 0.717) is 19.4 Å². The Kier molecular flexibility index (Phi) is 7.53. The van der Waals surface area contributed by atoms with Crippen LogP contribution in [0.25, 0.3) is 0 Å². The maximum atomic E-state index is 12.6. The Labute approximate surface area is 176 Å². The van der Waals surface area contributed by atoms with Gasteiger partial charge in [-0.15, -0.1) is 0 Å². The Balaban J connectivity index is 1.37. The summed E-state index contributed by atoms with van der Waals surface area (Å²) >= 11 is 0. The molecule has 2 heterocycles. The molecule has 160 valence electrons. The van der Waals surface area contributed by atoms with Crippen LogP contribution in [-0.4, -0.2) is 49.2 Å². The number of carbonyl (C=O) groups is 2. The minimum Gasteiger partial charge on any atom is -0.355 e. The van der Waals surface area contributed by atoms with Gasteiger partial charge >= 0.3 is 0 Å². The average molecular weight is 431 g/mol. The highest BCUT2D eigenvalue weighted by atomic mass is 32.2. The molecule has 1 aliphatic heterocycles. The summed E-state index contributed by atoms with van der Waals surface area (Å²) in [6.07, 6.45) is 3.96. The Morgan fingerprint density at radius 2 is 1.77 bits per heavy atom. The third-order valence-electron chi connectivity index (χ3n) is 5.08. The maximum absolute atomic E-state index is 12.6. The molecule has 0 radical (unpaired) electrons. The highest BCUT2D eigenvalue weighted by Gasteiger charge is 2.32. The summed E-state index contributed by atoms with van der Waals surface area (Å²) in [6, 6.07) is 12.7. The van der Waals surface area contributed by atoms with Crippen LogP contribution in [0.1, 0.15) is 24.8 Å².